The third kappa shape index (κ3) is 1.61. The second kappa shape index (κ2) is 4.44. The summed E-state index contributed by atoms with van der Waals surface area (Å²) in [6.07, 6.45) is 9.99. The van der Waals surface area contributed by atoms with Crippen LogP contribution in [-0.4, -0.2) is 31.2 Å². The molecule has 0 spiro atoms. The molecule has 4 rings (SSSR count). The standard InChI is InChI=1S/C16H26O3/c17-10-15-7-5-12(9-15)13-3-1-6-16(13,15)11-19-14-4-2-8-18-14/h12-14,17H,1-11H2. The molecule has 0 radical (unpaired) electrons. The first-order chi connectivity index (χ1) is 9.30. The number of aliphatic hydroxyl groups is 1. The Hall–Kier alpha value is -0.120. The second-order valence-corrected chi connectivity index (χ2v) is 7.35. The molecule has 0 aromatic rings. The fourth-order valence-electron chi connectivity index (χ4n) is 5.96. The Balaban J connectivity index is 1.55. The van der Waals surface area contributed by atoms with Crippen molar-refractivity contribution in [2.75, 3.05) is 19.8 Å². The van der Waals surface area contributed by atoms with E-state index in [9.17, 15) is 5.11 Å². The molecule has 3 nitrogen and oxygen atoms in total. The summed E-state index contributed by atoms with van der Waals surface area (Å²) < 4.78 is 11.8. The summed E-state index contributed by atoms with van der Waals surface area (Å²) in [5, 5.41) is 10.1. The molecule has 2 bridgehead atoms. The fourth-order valence-corrected chi connectivity index (χ4v) is 5.96. The van der Waals surface area contributed by atoms with Gasteiger partial charge in [0.2, 0.25) is 0 Å². The van der Waals surface area contributed by atoms with Gasteiger partial charge >= 0.3 is 0 Å². The summed E-state index contributed by atoms with van der Waals surface area (Å²) in [5.74, 6) is 1.68. The number of rotatable bonds is 4. The van der Waals surface area contributed by atoms with E-state index in [0.29, 0.717) is 6.61 Å². The normalized spacial score (nSPS) is 51.9. The molecule has 3 heteroatoms. The summed E-state index contributed by atoms with van der Waals surface area (Å²) in [6, 6.07) is 0. The third-order valence-corrected chi connectivity index (χ3v) is 6.84. The van der Waals surface area contributed by atoms with Crippen molar-refractivity contribution in [2.24, 2.45) is 22.7 Å². The first-order valence-corrected chi connectivity index (χ1v) is 8.14. The summed E-state index contributed by atoms with van der Waals surface area (Å²) in [4.78, 5) is 0. The summed E-state index contributed by atoms with van der Waals surface area (Å²) in [6.45, 7) is 2.06. The van der Waals surface area contributed by atoms with Crippen LogP contribution >= 0.6 is 0 Å². The van der Waals surface area contributed by atoms with Gasteiger partial charge in [-0.25, -0.2) is 0 Å². The van der Waals surface area contributed by atoms with Gasteiger partial charge in [-0.2, -0.15) is 0 Å². The molecule has 4 fully saturated rings. The maximum Gasteiger partial charge on any atom is 0.157 e. The van der Waals surface area contributed by atoms with Gasteiger partial charge in [0.15, 0.2) is 6.29 Å². The largest absolute Gasteiger partial charge is 0.396 e. The molecule has 108 valence electrons. The lowest BCUT2D eigenvalue weighted by molar-refractivity contribution is -0.166. The Kier molecular flexibility index (Phi) is 2.95. The fraction of sp³-hybridized carbons (Fsp3) is 1.00. The van der Waals surface area contributed by atoms with E-state index in [1.807, 2.05) is 0 Å². The highest BCUT2D eigenvalue weighted by molar-refractivity contribution is 5.16. The maximum absolute atomic E-state index is 10.1. The van der Waals surface area contributed by atoms with Gasteiger partial charge in [-0.3, -0.25) is 0 Å². The van der Waals surface area contributed by atoms with Gasteiger partial charge in [0.1, 0.15) is 0 Å². The lowest BCUT2D eigenvalue weighted by Crippen LogP contribution is -2.47. The highest BCUT2D eigenvalue weighted by Gasteiger charge is 2.67. The van der Waals surface area contributed by atoms with Crippen molar-refractivity contribution in [1.29, 1.82) is 0 Å². The number of ether oxygens (including phenoxy) is 2. The van der Waals surface area contributed by atoms with Crippen LogP contribution in [0.25, 0.3) is 0 Å². The number of fused-ring (bicyclic) bond motifs is 5. The molecule has 1 N–H and O–H groups in total. The minimum Gasteiger partial charge on any atom is -0.396 e. The zero-order valence-electron chi connectivity index (χ0n) is 11.8. The second-order valence-electron chi connectivity index (χ2n) is 7.35. The molecule has 19 heavy (non-hydrogen) atoms. The molecule has 1 heterocycles. The Morgan fingerprint density at radius 2 is 2.11 bits per heavy atom. The average molecular weight is 266 g/mol. The van der Waals surface area contributed by atoms with Crippen molar-refractivity contribution in [3.63, 3.8) is 0 Å². The van der Waals surface area contributed by atoms with Gasteiger partial charge in [0.25, 0.3) is 0 Å². The van der Waals surface area contributed by atoms with E-state index in [0.717, 1.165) is 37.9 Å². The Labute approximate surface area is 115 Å². The molecule has 5 unspecified atom stereocenters. The van der Waals surface area contributed by atoms with Gasteiger partial charge in [-0.1, -0.05) is 6.42 Å². The third-order valence-electron chi connectivity index (χ3n) is 6.84. The SMILES string of the molecule is OCC12CCC(C1)C1CCCC12COC1CCCO1. The smallest absolute Gasteiger partial charge is 0.157 e. The lowest BCUT2D eigenvalue weighted by atomic mass is 9.60. The van der Waals surface area contributed by atoms with Crippen LogP contribution in [0.5, 0.6) is 0 Å². The molecule has 0 aromatic carbocycles. The zero-order chi connectivity index (χ0) is 12.9. The highest BCUT2D eigenvalue weighted by Crippen LogP contribution is 2.72. The number of hydrogen-bond acceptors (Lipinski definition) is 3. The van der Waals surface area contributed by atoms with Crippen molar-refractivity contribution in [2.45, 2.75) is 57.7 Å². The molecule has 1 aliphatic heterocycles. The monoisotopic (exact) mass is 266 g/mol. The maximum atomic E-state index is 10.1. The zero-order valence-corrected chi connectivity index (χ0v) is 11.8. The van der Waals surface area contributed by atoms with Crippen LogP contribution in [0.4, 0.5) is 0 Å². The minimum absolute atomic E-state index is 0.0329. The van der Waals surface area contributed by atoms with E-state index in [2.05, 4.69) is 0 Å². The number of hydrogen-bond donors (Lipinski definition) is 1. The quantitative estimate of drug-likeness (QED) is 0.850. The van der Waals surface area contributed by atoms with Crippen LogP contribution in [0.15, 0.2) is 0 Å². The van der Waals surface area contributed by atoms with E-state index in [1.54, 1.807) is 0 Å². The van der Waals surface area contributed by atoms with Crippen LogP contribution in [0.3, 0.4) is 0 Å². The number of aliphatic hydroxyl groups excluding tert-OH is 1. The average Bonchev–Trinajstić information content (AvgIpc) is 3.17. The van der Waals surface area contributed by atoms with Gasteiger partial charge < -0.3 is 14.6 Å². The van der Waals surface area contributed by atoms with Crippen LogP contribution in [0.2, 0.25) is 0 Å². The van der Waals surface area contributed by atoms with Crippen LogP contribution in [-0.2, 0) is 9.47 Å². The first-order valence-electron chi connectivity index (χ1n) is 8.14. The van der Waals surface area contributed by atoms with Crippen molar-refractivity contribution in [3.8, 4) is 0 Å². The topological polar surface area (TPSA) is 38.7 Å². The van der Waals surface area contributed by atoms with Gasteiger partial charge in [-0.05, 0) is 50.4 Å². The summed E-state index contributed by atoms with van der Waals surface area (Å²) in [5.41, 5.74) is 0.452. The predicted molar refractivity (Wildman–Crippen MR) is 71.6 cm³/mol. The summed E-state index contributed by atoms with van der Waals surface area (Å²) >= 11 is 0. The van der Waals surface area contributed by atoms with Gasteiger partial charge in [-0.15, -0.1) is 0 Å². The first kappa shape index (κ1) is 12.6. The minimum atomic E-state index is 0.0329. The molecule has 4 aliphatic rings. The van der Waals surface area contributed by atoms with Gasteiger partial charge in [0.05, 0.1) is 6.61 Å². The molecule has 3 saturated carbocycles. The van der Waals surface area contributed by atoms with Crippen LogP contribution < -0.4 is 0 Å². The highest BCUT2D eigenvalue weighted by atomic mass is 16.7. The van der Waals surface area contributed by atoms with E-state index < -0.39 is 0 Å². The van der Waals surface area contributed by atoms with E-state index in [4.69, 9.17) is 9.47 Å². The predicted octanol–water partition coefficient (Wildman–Crippen LogP) is 2.72. The molecular weight excluding hydrogens is 240 g/mol. The van der Waals surface area contributed by atoms with Gasteiger partial charge in [0, 0.05) is 30.5 Å². The Bertz CT molecular complexity index is 352. The van der Waals surface area contributed by atoms with Crippen LogP contribution in [0, 0.1) is 22.7 Å². The molecule has 0 amide bonds. The van der Waals surface area contributed by atoms with Crippen molar-refractivity contribution in [3.05, 3.63) is 0 Å². The van der Waals surface area contributed by atoms with E-state index in [1.165, 1.54) is 38.5 Å². The lowest BCUT2D eigenvalue weighted by Gasteiger charge is -2.47. The molecular formula is C16H26O3. The summed E-state index contributed by atoms with van der Waals surface area (Å²) in [7, 11) is 0. The Morgan fingerprint density at radius 3 is 2.89 bits per heavy atom. The molecule has 1 saturated heterocycles. The van der Waals surface area contributed by atoms with Crippen LogP contribution in [0.1, 0.15) is 51.4 Å². The molecule has 5 atom stereocenters. The van der Waals surface area contributed by atoms with Crippen molar-refractivity contribution >= 4 is 0 Å². The van der Waals surface area contributed by atoms with Crippen molar-refractivity contribution in [1.82, 2.24) is 0 Å². The van der Waals surface area contributed by atoms with Crippen molar-refractivity contribution < 1.29 is 14.6 Å². The molecule has 3 aliphatic carbocycles. The van der Waals surface area contributed by atoms with E-state index in [-0.39, 0.29) is 17.1 Å². The Morgan fingerprint density at radius 1 is 1.16 bits per heavy atom. The molecule has 0 aromatic heterocycles. The van der Waals surface area contributed by atoms with E-state index >= 15 is 0 Å².